The lowest BCUT2D eigenvalue weighted by Crippen LogP contribution is -2.34. The summed E-state index contributed by atoms with van der Waals surface area (Å²) in [6.07, 6.45) is 1.02. The van der Waals surface area contributed by atoms with Crippen LogP contribution in [0, 0.1) is 13.8 Å². The molecule has 0 heterocycles. The largest absolute Gasteiger partial charge is 0.370 e. The van der Waals surface area contributed by atoms with E-state index in [1.165, 1.54) is 11.1 Å². The van der Waals surface area contributed by atoms with E-state index in [0.29, 0.717) is 5.96 Å². The minimum absolute atomic E-state index is 0.578. The number of nitrogens with two attached hydrogens (primary N) is 1. The van der Waals surface area contributed by atoms with Crippen LogP contribution >= 0.6 is 0 Å². The first-order valence-electron chi connectivity index (χ1n) is 5.67. The van der Waals surface area contributed by atoms with Crippen LogP contribution in [0.2, 0.25) is 0 Å². The molecule has 1 aromatic carbocycles. The number of hydrogen-bond acceptors (Lipinski definition) is 1. The molecule has 88 valence electrons. The van der Waals surface area contributed by atoms with Crippen molar-refractivity contribution >= 4 is 11.6 Å². The van der Waals surface area contributed by atoms with Crippen molar-refractivity contribution in [3.05, 3.63) is 29.3 Å². The summed E-state index contributed by atoms with van der Waals surface area (Å²) in [7, 11) is 1.95. The summed E-state index contributed by atoms with van der Waals surface area (Å²) < 4.78 is 0. The maximum absolute atomic E-state index is 5.92. The van der Waals surface area contributed by atoms with Gasteiger partial charge in [-0.2, -0.15) is 0 Å². The van der Waals surface area contributed by atoms with E-state index >= 15 is 0 Å². The molecule has 0 aliphatic rings. The normalized spacial score (nSPS) is 11.6. The van der Waals surface area contributed by atoms with Gasteiger partial charge in [-0.15, -0.1) is 0 Å². The molecule has 2 N–H and O–H groups in total. The SMILES string of the molecule is CCCN=C(N)N(C)c1ccc(C)cc1C. The van der Waals surface area contributed by atoms with E-state index in [2.05, 4.69) is 44.0 Å². The molecule has 3 heteroatoms. The Morgan fingerprint density at radius 1 is 1.38 bits per heavy atom. The summed E-state index contributed by atoms with van der Waals surface area (Å²) in [6, 6.07) is 6.32. The van der Waals surface area contributed by atoms with Gasteiger partial charge < -0.3 is 10.6 Å². The molecule has 16 heavy (non-hydrogen) atoms. The second-order valence-electron chi connectivity index (χ2n) is 4.09. The average molecular weight is 219 g/mol. The monoisotopic (exact) mass is 219 g/mol. The molecule has 0 bridgehead atoms. The number of aliphatic imine (C=N–C) groups is 1. The third-order valence-corrected chi connectivity index (χ3v) is 2.55. The standard InChI is InChI=1S/C13H21N3/c1-5-8-15-13(14)16(4)12-7-6-10(2)9-11(12)3/h6-7,9H,5,8H2,1-4H3,(H2,14,15). The van der Waals surface area contributed by atoms with Gasteiger partial charge >= 0.3 is 0 Å². The van der Waals surface area contributed by atoms with Crippen LogP contribution in [0.4, 0.5) is 5.69 Å². The van der Waals surface area contributed by atoms with Crippen molar-refractivity contribution in [1.29, 1.82) is 0 Å². The van der Waals surface area contributed by atoms with Crippen LogP contribution in [0.1, 0.15) is 24.5 Å². The van der Waals surface area contributed by atoms with E-state index in [-0.39, 0.29) is 0 Å². The molecule has 0 radical (unpaired) electrons. The van der Waals surface area contributed by atoms with Gasteiger partial charge in [0.1, 0.15) is 0 Å². The zero-order valence-corrected chi connectivity index (χ0v) is 10.6. The zero-order chi connectivity index (χ0) is 12.1. The summed E-state index contributed by atoms with van der Waals surface area (Å²) in [4.78, 5) is 6.24. The van der Waals surface area contributed by atoms with E-state index in [1.807, 2.05) is 11.9 Å². The number of nitrogens with zero attached hydrogens (tertiary/aromatic N) is 2. The summed E-state index contributed by atoms with van der Waals surface area (Å²) in [5, 5.41) is 0. The summed E-state index contributed by atoms with van der Waals surface area (Å²) in [5.74, 6) is 0.578. The molecule has 0 saturated heterocycles. The molecule has 0 saturated carbocycles. The third kappa shape index (κ3) is 2.99. The Labute approximate surface area is 98.0 Å². The van der Waals surface area contributed by atoms with E-state index in [4.69, 9.17) is 5.73 Å². The van der Waals surface area contributed by atoms with Crippen LogP contribution in [0.15, 0.2) is 23.2 Å². The van der Waals surface area contributed by atoms with Crippen LogP contribution in [-0.4, -0.2) is 19.6 Å². The number of anilines is 1. The van der Waals surface area contributed by atoms with Crippen LogP contribution in [0.25, 0.3) is 0 Å². The Morgan fingerprint density at radius 3 is 2.62 bits per heavy atom. The van der Waals surface area contributed by atoms with Crippen molar-refractivity contribution in [1.82, 2.24) is 0 Å². The molecule has 0 amide bonds. The lowest BCUT2D eigenvalue weighted by atomic mass is 10.1. The van der Waals surface area contributed by atoms with Crippen LogP contribution in [-0.2, 0) is 0 Å². The molecule has 0 aromatic heterocycles. The number of rotatable bonds is 3. The van der Waals surface area contributed by atoms with Crippen molar-refractivity contribution in [2.75, 3.05) is 18.5 Å². The number of guanidine groups is 1. The smallest absolute Gasteiger partial charge is 0.195 e. The van der Waals surface area contributed by atoms with E-state index < -0.39 is 0 Å². The van der Waals surface area contributed by atoms with E-state index in [1.54, 1.807) is 0 Å². The topological polar surface area (TPSA) is 41.6 Å². The van der Waals surface area contributed by atoms with Gasteiger partial charge in [0.25, 0.3) is 0 Å². The van der Waals surface area contributed by atoms with Gasteiger partial charge in [0, 0.05) is 19.3 Å². The molecule has 1 rings (SSSR count). The quantitative estimate of drug-likeness (QED) is 0.626. The van der Waals surface area contributed by atoms with Gasteiger partial charge in [-0.3, -0.25) is 4.99 Å². The molecule has 0 fully saturated rings. The van der Waals surface area contributed by atoms with Crippen molar-refractivity contribution in [3.8, 4) is 0 Å². The maximum Gasteiger partial charge on any atom is 0.195 e. The Kier molecular flexibility index (Phi) is 4.35. The number of hydrogen-bond donors (Lipinski definition) is 1. The number of aryl methyl sites for hydroxylation is 2. The first-order valence-corrected chi connectivity index (χ1v) is 5.67. The van der Waals surface area contributed by atoms with Gasteiger partial charge in [-0.25, -0.2) is 0 Å². The molecule has 0 spiro atoms. The first-order chi connectivity index (χ1) is 7.56. The fraction of sp³-hybridized carbons (Fsp3) is 0.462. The first kappa shape index (κ1) is 12.6. The van der Waals surface area contributed by atoms with Crippen molar-refractivity contribution in [2.45, 2.75) is 27.2 Å². The zero-order valence-electron chi connectivity index (χ0n) is 10.6. The predicted octanol–water partition coefficient (Wildman–Crippen LogP) is 2.46. The van der Waals surface area contributed by atoms with Crippen LogP contribution in [0.3, 0.4) is 0 Å². The van der Waals surface area contributed by atoms with Gasteiger partial charge in [0.05, 0.1) is 0 Å². The lowest BCUT2D eigenvalue weighted by molar-refractivity contribution is 0.922. The second kappa shape index (κ2) is 5.54. The molecular weight excluding hydrogens is 198 g/mol. The summed E-state index contributed by atoms with van der Waals surface area (Å²) >= 11 is 0. The Balaban J connectivity index is 2.91. The highest BCUT2D eigenvalue weighted by Crippen LogP contribution is 2.19. The fourth-order valence-corrected chi connectivity index (χ4v) is 1.64. The molecular formula is C13H21N3. The second-order valence-corrected chi connectivity index (χ2v) is 4.09. The van der Waals surface area contributed by atoms with Crippen LogP contribution < -0.4 is 10.6 Å². The minimum atomic E-state index is 0.578. The molecule has 0 unspecified atom stereocenters. The predicted molar refractivity (Wildman–Crippen MR) is 71.1 cm³/mol. The third-order valence-electron chi connectivity index (χ3n) is 2.55. The minimum Gasteiger partial charge on any atom is -0.370 e. The molecule has 0 aliphatic heterocycles. The van der Waals surface area contributed by atoms with Crippen molar-refractivity contribution in [2.24, 2.45) is 10.7 Å². The van der Waals surface area contributed by atoms with Gasteiger partial charge in [-0.1, -0.05) is 24.6 Å². The highest BCUT2D eigenvalue weighted by molar-refractivity contribution is 5.95. The Bertz CT molecular complexity index is 383. The summed E-state index contributed by atoms with van der Waals surface area (Å²) in [5.41, 5.74) is 9.51. The molecule has 1 aromatic rings. The maximum atomic E-state index is 5.92. The van der Waals surface area contributed by atoms with Gasteiger partial charge in [-0.05, 0) is 31.9 Å². The average Bonchev–Trinajstić information content (AvgIpc) is 2.25. The molecule has 3 nitrogen and oxygen atoms in total. The molecule has 0 aliphatic carbocycles. The van der Waals surface area contributed by atoms with E-state index in [0.717, 1.165) is 18.7 Å². The van der Waals surface area contributed by atoms with Crippen molar-refractivity contribution in [3.63, 3.8) is 0 Å². The van der Waals surface area contributed by atoms with E-state index in [9.17, 15) is 0 Å². The summed E-state index contributed by atoms with van der Waals surface area (Å²) in [6.45, 7) is 7.05. The van der Waals surface area contributed by atoms with Crippen molar-refractivity contribution < 1.29 is 0 Å². The molecule has 0 atom stereocenters. The lowest BCUT2D eigenvalue weighted by Gasteiger charge is -2.20. The Morgan fingerprint density at radius 2 is 2.06 bits per heavy atom. The van der Waals surface area contributed by atoms with Gasteiger partial charge in [0.2, 0.25) is 0 Å². The highest BCUT2D eigenvalue weighted by Gasteiger charge is 2.07. The van der Waals surface area contributed by atoms with Gasteiger partial charge in [0.15, 0.2) is 5.96 Å². The highest BCUT2D eigenvalue weighted by atomic mass is 15.2. The fourth-order valence-electron chi connectivity index (χ4n) is 1.64. The number of benzene rings is 1. The van der Waals surface area contributed by atoms with Crippen LogP contribution in [0.5, 0.6) is 0 Å². The Hall–Kier alpha value is -1.51.